The molecule has 1 spiro atoms. The minimum absolute atomic E-state index is 0.138. The zero-order valence-electron chi connectivity index (χ0n) is 12.1. The second kappa shape index (κ2) is 5.34. The monoisotopic (exact) mass is 306 g/mol. The third-order valence-corrected chi connectivity index (χ3v) is 4.84. The first-order chi connectivity index (χ1) is 10.0. The number of nitrogens with one attached hydrogen (secondary N) is 1. The lowest BCUT2D eigenvalue weighted by molar-refractivity contribution is -0.129. The number of halogens is 1. The van der Waals surface area contributed by atoms with Gasteiger partial charge in [-0.2, -0.15) is 0 Å². The quantitative estimate of drug-likeness (QED) is 0.852. The van der Waals surface area contributed by atoms with Gasteiger partial charge >= 0.3 is 6.03 Å². The van der Waals surface area contributed by atoms with Gasteiger partial charge < -0.3 is 4.90 Å². The lowest BCUT2D eigenvalue weighted by atomic mass is 9.75. The van der Waals surface area contributed by atoms with E-state index >= 15 is 0 Å². The van der Waals surface area contributed by atoms with Crippen LogP contribution in [0.1, 0.15) is 38.2 Å². The maximum atomic E-state index is 12.4. The van der Waals surface area contributed by atoms with E-state index in [1.165, 1.54) is 0 Å². The van der Waals surface area contributed by atoms with Gasteiger partial charge in [0.2, 0.25) is 0 Å². The number of urea groups is 1. The standard InChI is InChI=1S/C16H19ClN2O2/c1-11-4-3-7-16(9-11)14(20)18-15(21)19(16)10-12-5-2-6-13(17)8-12/h2,5-6,8,11H,3-4,7,9-10H2,1H3,(H,18,20,21). The first-order valence-corrected chi connectivity index (χ1v) is 7.76. The molecule has 0 radical (unpaired) electrons. The van der Waals surface area contributed by atoms with Crippen molar-refractivity contribution in [3.63, 3.8) is 0 Å². The van der Waals surface area contributed by atoms with Crippen LogP contribution in [0.5, 0.6) is 0 Å². The molecule has 1 saturated heterocycles. The highest BCUT2D eigenvalue weighted by Crippen LogP contribution is 2.40. The Kier molecular flexibility index (Phi) is 3.66. The van der Waals surface area contributed by atoms with Gasteiger partial charge in [0.1, 0.15) is 5.54 Å². The number of hydrogen-bond donors (Lipinski definition) is 1. The minimum Gasteiger partial charge on any atom is -0.305 e. The fraction of sp³-hybridized carbons (Fsp3) is 0.500. The summed E-state index contributed by atoms with van der Waals surface area (Å²) in [5, 5.41) is 3.14. The Hall–Kier alpha value is -1.55. The molecular formula is C16H19ClN2O2. The molecule has 3 rings (SSSR count). The van der Waals surface area contributed by atoms with Gasteiger partial charge in [-0.1, -0.05) is 43.5 Å². The van der Waals surface area contributed by atoms with E-state index in [1.807, 2.05) is 18.2 Å². The van der Waals surface area contributed by atoms with Crippen molar-refractivity contribution in [3.05, 3.63) is 34.9 Å². The Morgan fingerprint density at radius 1 is 1.43 bits per heavy atom. The Balaban J connectivity index is 1.90. The summed E-state index contributed by atoms with van der Waals surface area (Å²) in [6.45, 7) is 2.57. The zero-order chi connectivity index (χ0) is 15.0. The van der Waals surface area contributed by atoms with Gasteiger partial charge in [0.05, 0.1) is 0 Å². The van der Waals surface area contributed by atoms with Gasteiger partial charge in [0, 0.05) is 11.6 Å². The molecule has 5 heteroatoms. The summed E-state index contributed by atoms with van der Waals surface area (Å²) < 4.78 is 0. The summed E-state index contributed by atoms with van der Waals surface area (Å²) in [7, 11) is 0. The summed E-state index contributed by atoms with van der Waals surface area (Å²) >= 11 is 6.01. The number of hydrogen-bond acceptors (Lipinski definition) is 2. The highest BCUT2D eigenvalue weighted by molar-refractivity contribution is 6.30. The number of carbonyl (C=O) groups is 2. The van der Waals surface area contributed by atoms with Crippen LogP contribution in [0.2, 0.25) is 5.02 Å². The summed E-state index contributed by atoms with van der Waals surface area (Å²) in [4.78, 5) is 26.3. The van der Waals surface area contributed by atoms with Gasteiger partial charge in [0.25, 0.3) is 5.91 Å². The number of imide groups is 1. The average Bonchev–Trinajstić information content (AvgIpc) is 2.63. The van der Waals surface area contributed by atoms with Gasteiger partial charge in [0.15, 0.2) is 0 Å². The van der Waals surface area contributed by atoms with E-state index < -0.39 is 5.54 Å². The van der Waals surface area contributed by atoms with Crippen LogP contribution in [-0.2, 0) is 11.3 Å². The van der Waals surface area contributed by atoms with E-state index in [2.05, 4.69) is 12.2 Å². The SMILES string of the molecule is CC1CCCC2(C1)C(=O)NC(=O)N2Cc1cccc(Cl)c1. The van der Waals surface area contributed by atoms with Crippen LogP contribution >= 0.6 is 11.6 Å². The fourth-order valence-electron chi connectivity index (χ4n) is 3.61. The second-order valence-electron chi connectivity index (χ2n) is 6.21. The van der Waals surface area contributed by atoms with E-state index in [1.54, 1.807) is 11.0 Å². The lowest BCUT2D eigenvalue weighted by Crippen LogP contribution is -2.52. The van der Waals surface area contributed by atoms with E-state index in [9.17, 15) is 9.59 Å². The zero-order valence-corrected chi connectivity index (χ0v) is 12.8. The molecule has 1 N–H and O–H groups in total. The maximum absolute atomic E-state index is 12.4. The molecule has 1 saturated carbocycles. The Labute approximate surface area is 129 Å². The molecule has 1 heterocycles. The van der Waals surface area contributed by atoms with Crippen molar-refractivity contribution < 1.29 is 9.59 Å². The van der Waals surface area contributed by atoms with Crippen molar-refractivity contribution in [2.75, 3.05) is 0 Å². The molecule has 21 heavy (non-hydrogen) atoms. The molecule has 2 aliphatic rings. The molecule has 4 nitrogen and oxygen atoms in total. The van der Waals surface area contributed by atoms with Gasteiger partial charge in [-0.3, -0.25) is 10.1 Å². The molecule has 112 valence electrons. The number of carbonyl (C=O) groups excluding carboxylic acids is 2. The van der Waals surface area contributed by atoms with E-state index in [0.717, 1.165) is 31.2 Å². The fourth-order valence-corrected chi connectivity index (χ4v) is 3.83. The summed E-state index contributed by atoms with van der Waals surface area (Å²) in [6, 6.07) is 7.16. The van der Waals surface area contributed by atoms with E-state index in [-0.39, 0.29) is 11.9 Å². The van der Waals surface area contributed by atoms with Gasteiger partial charge in [-0.25, -0.2) is 4.79 Å². The number of rotatable bonds is 2. The van der Waals surface area contributed by atoms with Crippen molar-refractivity contribution in [3.8, 4) is 0 Å². The molecule has 0 aromatic heterocycles. The van der Waals surface area contributed by atoms with Crippen LogP contribution in [0.3, 0.4) is 0 Å². The van der Waals surface area contributed by atoms with Crippen LogP contribution in [0.4, 0.5) is 4.79 Å². The number of nitrogens with zero attached hydrogens (tertiary/aromatic N) is 1. The van der Waals surface area contributed by atoms with Crippen LogP contribution in [0.25, 0.3) is 0 Å². The number of amides is 3. The van der Waals surface area contributed by atoms with Crippen LogP contribution < -0.4 is 5.32 Å². The second-order valence-corrected chi connectivity index (χ2v) is 6.64. The molecule has 1 aliphatic heterocycles. The third kappa shape index (κ3) is 2.53. The maximum Gasteiger partial charge on any atom is 0.325 e. The normalized spacial score (nSPS) is 29.0. The van der Waals surface area contributed by atoms with Gasteiger partial charge in [-0.15, -0.1) is 0 Å². The topological polar surface area (TPSA) is 49.4 Å². The smallest absolute Gasteiger partial charge is 0.305 e. The lowest BCUT2D eigenvalue weighted by Gasteiger charge is -2.40. The molecule has 1 aromatic carbocycles. The molecule has 3 amide bonds. The Bertz CT molecular complexity index is 589. The number of benzene rings is 1. The van der Waals surface area contributed by atoms with Crippen molar-refractivity contribution >= 4 is 23.5 Å². The highest BCUT2D eigenvalue weighted by atomic mass is 35.5. The summed E-state index contributed by atoms with van der Waals surface area (Å²) in [5.41, 5.74) is 0.279. The molecule has 1 aromatic rings. The molecule has 2 fully saturated rings. The van der Waals surface area contributed by atoms with Crippen LogP contribution in [-0.4, -0.2) is 22.4 Å². The van der Waals surface area contributed by atoms with Gasteiger partial charge in [-0.05, 0) is 36.5 Å². The summed E-state index contributed by atoms with van der Waals surface area (Å²) in [6.07, 6.45) is 3.59. The van der Waals surface area contributed by atoms with E-state index in [0.29, 0.717) is 17.5 Å². The molecule has 2 unspecified atom stereocenters. The molecule has 0 bridgehead atoms. The molecular weight excluding hydrogens is 288 g/mol. The van der Waals surface area contributed by atoms with Crippen LogP contribution in [0.15, 0.2) is 24.3 Å². The van der Waals surface area contributed by atoms with Crippen molar-refractivity contribution in [2.45, 2.75) is 44.7 Å². The van der Waals surface area contributed by atoms with Crippen molar-refractivity contribution in [1.82, 2.24) is 10.2 Å². The average molecular weight is 307 g/mol. The Morgan fingerprint density at radius 2 is 2.24 bits per heavy atom. The summed E-state index contributed by atoms with van der Waals surface area (Å²) in [5.74, 6) is 0.318. The first kappa shape index (κ1) is 14.4. The molecule has 2 atom stereocenters. The van der Waals surface area contributed by atoms with Crippen molar-refractivity contribution in [2.24, 2.45) is 5.92 Å². The largest absolute Gasteiger partial charge is 0.325 e. The van der Waals surface area contributed by atoms with Crippen LogP contribution in [0, 0.1) is 5.92 Å². The minimum atomic E-state index is -0.670. The predicted molar refractivity (Wildman–Crippen MR) is 80.9 cm³/mol. The third-order valence-electron chi connectivity index (χ3n) is 4.61. The highest BCUT2D eigenvalue weighted by Gasteiger charge is 2.53. The van der Waals surface area contributed by atoms with Crippen molar-refractivity contribution in [1.29, 1.82) is 0 Å². The predicted octanol–water partition coefficient (Wildman–Crippen LogP) is 3.34. The Morgan fingerprint density at radius 3 is 2.95 bits per heavy atom. The molecule has 1 aliphatic carbocycles. The van der Waals surface area contributed by atoms with E-state index in [4.69, 9.17) is 11.6 Å². The first-order valence-electron chi connectivity index (χ1n) is 7.39.